The maximum atomic E-state index is 13.2. The molecule has 194 valence electrons. The zero-order valence-corrected chi connectivity index (χ0v) is 22.2. The first kappa shape index (κ1) is 25.5. The molecule has 0 bridgehead atoms. The van der Waals surface area contributed by atoms with E-state index in [4.69, 9.17) is 4.74 Å². The van der Waals surface area contributed by atoms with Gasteiger partial charge in [-0.2, -0.15) is 0 Å². The molecular weight excluding hydrogens is 502 g/mol. The van der Waals surface area contributed by atoms with Crippen LogP contribution in [0.5, 0.6) is 0 Å². The molecule has 3 aromatic rings. The van der Waals surface area contributed by atoms with Crippen LogP contribution in [0.4, 0.5) is 4.79 Å². The molecule has 0 N–H and O–H groups in total. The summed E-state index contributed by atoms with van der Waals surface area (Å²) in [4.78, 5) is 54.2. The van der Waals surface area contributed by atoms with Gasteiger partial charge in [0.25, 0.3) is 11.1 Å². The van der Waals surface area contributed by atoms with Gasteiger partial charge in [0, 0.05) is 24.5 Å². The molecule has 2 aromatic carbocycles. The third kappa shape index (κ3) is 4.65. The molecule has 3 amide bonds. The third-order valence-electron chi connectivity index (χ3n) is 6.96. The number of hydrogen-bond donors (Lipinski definition) is 0. The molecule has 1 fully saturated rings. The van der Waals surface area contributed by atoms with Gasteiger partial charge in [0.05, 0.1) is 23.3 Å². The average molecular weight is 530 g/mol. The van der Waals surface area contributed by atoms with Crippen LogP contribution >= 0.6 is 11.8 Å². The van der Waals surface area contributed by atoms with E-state index >= 15 is 0 Å². The van der Waals surface area contributed by atoms with Crippen LogP contribution in [-0.4, -0.2) is 57.6 Å². The van der Waals surface area contributed by atoms with Gasteiger partial charge in [-0.05, 0) is 73.0 Å². The van der Waals surface area contributed by atoms with Crippen molar-refractivity contribution in [2.75, 3.05) is 20.2 Å². The summed E-state index contributed by atoms with van der Waals surface area (Å²) in [7, 11) is 1.34. The Morgan fingerprint density at radius 2 is 1.74 bits per heavy atom. The number of carbonyl (C=O) groups excluding carboxylic acids is 4. The predicted octanol–water partition coefficient (Wildman–Crippen LogP) is 4.50. The normalized spacial score (nSPS) is 16.2. The Hall–Kier alpha value is -4.11. The van der Waals surface area contributed by atoms with E-state index in [0.717, 1.165) is 45.6 Å². The molecule has 5 rings (SSSR count). The average Bonchev–Trinajstić information content (AvgIpc) is 3.36. The Morgan fingerprint density at radius 3 is 2.50 bits per heavy atom. The number of esters is 1. The van der Waals surface area contributed by atoms with E-state index < -0.39 is 17.1 Å². The van der Waals surface area contributed by atoms with Crippen LogP contribution in [0.3, 0.4) is 0 Å². The number of aromatic nitrogens is 1. The minimum atomic E-state index is -0.481. The number of hydrogen-bond acceptors (Lipinski definition) is 6. The molecule has 38 heavy (non-hydrogen) atoms. The van der Waals surface area contributed by atoms with Crippen molar-refractivity contribution in [3.63, 3.8) is 0 Å². The molecular formula is C29H27N3O5S. The van der Waals surface area contributed by atoms with E-state index in [9.17, 15) is 19.2 Å². The number of thioether (sulfide) groups is 1. The second-order valence-electron chi connectivity index (χ2n) is 9.27. The van der Waals surface area contributed by atoms with Crippen molar-refractivity contribution in [2.24, 2.45) is 0 Å². The number of imide groups is 1. The highest BCUT2D eigenvalue weighted by molar-refractivity contribution is 8.18. The Bertz CT molecular complexity index is 1510. The molecule has 0 atom stereocenters. The van der Waals surface area contributed by atoms with Gasteiger partial charge in [0.2, 0.25) is 5.91 Å². The number of methoxy groups -OCH3 is 1. The van der Waals surface area contributed by atoms with Crippen molar-refractivity contribution in [2.45, 2.75) is 26.8 Å². The molecule has 0 unspecified atom stereocenters. The van der Waals surface area contributed by atoms with Crippen molar-refractivity contribution in [1.29, 1.82) is 0 Å². The number of ether oxygens (including phenoxy) is 1. The van der Waals surface area contributed by atoms with Crippen LogP contribution in [0.25, 0.3) is 11.8 Å². The number of rotatable bonds is 5. The van der Waals surface area contributed by atoms with E-state index in [1.165, 1.54) is 12.7 Å². The summed E-state index contributed by atoms with van der Waals surface area (Å²) in [5, 5.41) is -0.461. The monoisotopic (exact) mass is 529 g/mol. The first-order chi connectivity index (χ1) is 18.3. The first-order valence-corrected chi connectivity index (χ1v) is 13.1. The quantitative estimate of drug-likeness (QED) is 0.357. The Morgan fingerprint density at radius 1 is 1.03 bits per heavy atom. The smallest absolute Gasteiger partial charge is 0.339 e. The van der Waals surface area contributed by atoms with Gasteiger partial charge in [-0.25, -0.2) is 4.79 Å². The predicted molar refractivity (Wildman–Crippen MR) is 145 cm³/mol. The van der Waals surface area contributed by atoms with E-state index in [0.29, 0.717) is 24.3 Å². The third-order valence-corrected chi connectivity index (χ3v) is 7.86. The molecule has 2 aliphatic rings. The molecule has 1 saturated heterocycles. The first-order valence-electron chi connectivity index (χ1n) is 12.2. The van der Waals surface area contributed by atoms with E-state index in [-0.39, 0.29) is 17.4 Å². The van der Waals surface area contributed by atoms with Gasteiger partial charge in [0.15, 0.2) is 0 Å². The van der Waals surface area contributed by atoms with Gasteiger partial charge in [-0.3, -0.25) is 19.3 Å². The largest absolute Gasteiger partial charge is 0.465 e. The van der Waals surface area contributed by atoms with Crippen LogP contribution in [0.15, 0.2) is 59.5 Å². The fraction of sp³-hybridized carbons (Fsp3) is 0.241. The zero-order valence-electron chi connectivity index (χ0n) is 21.4. The Balaban J connectivity index is 1.36. The number of aryl methyl sites for hydroxylation is 1. The van der Waals surface area contributed by atoms with Crippen molar-refractivity contribution >= 4 is 40.9 Å². The highest BCUT2D eigenvalue weighted by Crippen LogP contribution is 2.34. The topological polar surface area (TPSA) is 88.9 Å². The lowest BCUT2D eigenvalue weighted by Gasteiger charge is -2.29. The highest BCUT2D eigenvalue weighted by Gasteiger charge is 2.37. The highest BCUT2D eigenvalue weighted by atomic mass is 32.2. The van der Waals surface area contributed by atoms with E-state index in [1.807, 2.05) is 54.8 Å². The molecule has 9 heteroatoms. The fourth-order valence-corrected chi connectivity index (χ4v) is 5.81. The van der Waals surface area contributed by atoms with Gasteiger partial charge in [-0.15, -0.1) is 0 Å². The van der Waals surface area contributed by atoms with Crippen LogP contribution in [0.1, 0.15) is 38.4 Å². The van der Waals surface area contributed by atoms with Crippen LogP contribution in [-0.2, 0) is 27.3 Å². The lowest BCUT2D eigenvalue weighted by Crippen LogP contribution is -2.44. The maximum Gasteiger partial charge on any atom is 0.339 e. The van der Waals surface area contributed by atoms with Crippen molar-refractivity contribution in [1.82, 2.24) is 14.4 Å². The van der Waals surface area contributed by atoms with Crippen LogP contribution in [0.2, 0.25) is 0 Å². The van der Waals surface area contributed by atoms with Crippen LogP contribution in [0, 0.1) is 13.8 Å². The van der Waals surface area contributed by atoms with E-state index in [1.54, 1.807) is 23.1 Å². The molecule has 0 aliphatic carbocycles. The molecule has 0 saturated carbocycles. The summed E-state index contributed by atoms with van der Waals surface area (Å²) in [6.45, 7) is 4.53. The second kappa shape index (κ2) is 10.3. The number of benzene rings is 2. The van der Waals surface area contributed by atoms with Crippen molar-refractivity contribution in [3.05, 3.63) is 93.1 Å². The SMILES string of the molecule is COC(=O)c1ccccc1-n1c(C)cc(/C=C2\SC(=O)N(CC(=O)N3CCc4ccccc4C3)C2=O)c1C. The Kier molecular flexibility index (Phi) is 6.94. The van der Waals surface area contributed by atoms with Gasteiger partial charge in [0.1, 0.15) is 6.54 Å². The van der Waals surface area contributed by atoms with Crippen molar-refractivity contribution < 1.29 is 23.9 Å². The number of carbonyl (C=O) groups is 4. The minimum Gasteiger partial charge on any atom is -0.465 e. The lowest BCUT2D eigenvalue weighted by molar-refractivity contribution is -0.136. The molecule has 0 spiro atoms. The summed E-state index contributed by atoms with van der Waals surface area (Å²) >= 11 is 0.830. The summed E-state index contributed by atoms with van der Waals surface area (Å²) < 4.78 is 6.85. The summed E-state index contributed by atoms with van der Waals surface area (Å²) in [6.07, 6.45) is 2.42. The van der Waals surface area contributed by atoms with Gasteiger partial charge >= 0.3 is 5.97 Å². The molecule has 3 heterocycles. The molecule has 1 aromatic heterocycles. The number of para-hydroxylation sites is 1. The second-order valence-corrected chi connectivity index (χ2v) is 10.3. The summed E-state index contributed by atoms with van der Waals surface area (Å²) in [5.41, 5.74) is 5.78. The maximum absolute atomic E-state index is 13.2. The van der Waals surface area contributed by atoms with Gasteiger partial charge < -0.3 is 14.2 Å². The number of amides is 3. The Labute approximate surface area is 224 Å². The van der Waals surface area contributed by atoms with Crippen molar-refractivity contribution in [3.8, 4) is 5.69 Å². The van der Waals surface area contributed by atoms with Gasteiger partial charge in [-0.1, -0.05) is 36.4 Å². The number of fused-ring (bicyclic) bond motifs is 1. The fourth-order valence-electron chi connectivity index (χ4n) is 4.98. The lowest BCUT2D eigenvalue weighted by atomic mass is 10.00. The molecule has 8 nitrogen and oxygen atoms in total. The molecule has 0 radical (unpaired) electrons. The van der Waals surface area contributed by atoms with Crippen LogP contribution < -0.4 is 0 Å². The molecule has 2 aliphatic heterocycles. The van der Waals surface area contributed by atoms with E-state index in [2.05, 4.69) is 6.07 Å². The number of nitrogens with zero attached hydrogens (tertiary/aromatic N) is 3. The minimum absolute atomic E-state index is 0.249. The summed E-state index contributed by atoms with van der Waals surface area (Å²) in [6, 6.07) is 17.0. The zero-order chi connectivity index (χ0) is 27.0. The standard InChI is InChI=1S/C29H27N3O5S/c1-18-14-22(19(2)32(18)24-11-7-6-10-23(24)28(35)37-3)15-25-27(34)31(29(36)38-25)17-26(33)30-13-12-20-8-4-5-9-21(20)16-30/h4-11,14-15H,12-13,16-17H2,1-3H3/b25-15-. The summed E-state index contributed by atoms with van der Waals surface area (Å²) in [5.74, 6) is -1.18.